The zero-order valence-corrected chi connectivity index (χ0v) is 5.51. The van der Waals surface area contributed by atoms with Gasteiger partial charge < -0.3 is 0 Å². The Labute approximate surface area is 56.3 Å². The van der Waals surface area contributed by atoms with Gasteiger partial charge in [-0.1, -0.05) is 18.2 Å². The summed E-state index contributed by atoms with van der Waals surface area (Å²) in [5.74, 6) is 0. The number of rotatable bonds is 4. The third kappa shape index (κ3) is 6.97. The minimum atomic E-state index is 0.525. The van der Waals surface area contributed by atoms with Crippen molar-refractivity contribution in [2.24, 2.45) is 0 Å². The zero-order valence-electron chi connectivity index (χ0n) is 5.51. The maximum Gasteiger partial charge on any atom is 0.0663 e. The molecule has 0 rings (SSSR count). The number of hydrogen-bond acceptors (Lipinski definition) is 1. The van der Waals surface area contributed by atoms with Gasteiger partial charge in [0.25, 0.3) is 0 Å². The van der Waals surface area contributed by atoms with E-state index >= 15 is 0 Å². The Morgan fingerprint density at radius 1 is 1.33 bits per heavy atom. The van der Waals surface area contributed by atoms with Gasteiger partial charge in [0, 0.05) is 0 Å². The Bertz CT molecular complexity index is 128. The van der Waals surface area contributed by atoms with Gasteiger partial charge in [-0.05, 0) is 12.8 Å². The average Bonchev–Trinajstić information content (AvgIpc) is 1.89. The van der Waals surface area contributed by atoms with Crippen LogP contribution >= 0.6 is 0 Å². The van der Waals surface area contributed by atoms with E-state index in [4.69, 9.17) is 5.26 Å². The molecule has 0 aromatic heterocycles. The summed E-state index contributed by atoms with van der Waals surface area (Å²) in [6.07, 6.45) is 8.29. The number of nitrogens with zero attached hydrogens (tertiary/aromatic N) is 1. The molecule has 1 heteroatoms. The van der Waals surface area contributed by atoms with Gasteiger partial charge in [0.2, 0.25) is 0 Å². The van der Waals surface area contributed by atoms with Gasteiger partial charge in [0.05, 0.1) is 12.5 Å². The smallest absolute Gasteiger partial charge is 0.0663 e. The summed E-state index contributed by atoms with van der Waals surface area (Å²) in [4.78, 5) is 0. The highest BCUT2D eigenvalue weighted by Gasteiger charge is 1.73. The number of allylic oxidation sites excluding steroid dienone is 3. The molecule has 0 radical (unpaired) electrons. The highest BCUT2D eigenvalue weighted by molar-refractivity contribution is 4.91. The van der Waals surface area contributed by atoms with E-state index in [1.807, 2.05) is 24.3 Å². The van der Waals surface area contributed by atoms with Crippen molar-refractivity contribution in [3.8, 4) is 6.07 Å². The van der Waals surface area contributed by atoms with Crippen LogP contribution in [0.1, 0.15) is 19.3 Å². The fraction of sp³-hybridized carbons (Fsp3) is 0.375. The second kappa shape index (κ2) is 6.97. The van der Waals surface area contributed by atoms with E-state index in [1.165, 1.54) is 0 Å². The van der Waals surface area contributed by atoms with Crippen molar-refractivity contribution in [1.29, 1.82) is 5.26 Å². The first kappa shape index (κ1) is 7.97. The van der Waals surface area contributed by atoms with E-state index in [9.17, 15) is 0 Å². The molecule has 0 aliphatic heterocycles. The molecule has 0 unspecified atom stereocenters. The maximum absolute atomic E-state index is 8.10. The van der Waals surface area contributed by atoms with E-state index in [1.54, 1.807) is 0 Å². The van der Waals surface area contributed by atoms with Gasteiger partial charge in [-0.3, -0.25) is 0 Å². The van der Waals surface area contributed by atoms with Crippen LogP contribution in [0.3, 0.4) is 0 Å². The SMILES string of the molecule is C=CCCC=CCC#N. The molecule has 0 aliphatic rings. The molecule has 48 valence electrons. The summed E-state index contributed by atoms with van der Waals surface area (Å²) in [7, 11) is 0. The Hall–Kier alpha value is -1.03. The van der Waals surface area contributed by atoms with Crippen LogP contribution in [-0.4, -0.2) is 0 Å². The molecule has 0 amide bonds. The third-order valence-electron chi connectivity index (χ3n) is 0.913. The molecule has 0 saturated heterocycles. The van der Waals surface area contributed by atoms with Crippen LogP contribution in [0.2, 0.25) is 0 Å². The molecule has 0 aromatic carbocycles. The van der Waals surface area contributed by atoms with E-state index < -0.39 is 0 Å². The quantitative estimate of drug-likeness (QED) is 0.414. The van der Waals surface area contributed by atoms with Crippen LogP contribution in [0.25, 0.3) is 0 Å². The molecule has 0 bridgehead atoms. The van der Waals surface area contributed by atoms with Crippen molar-refractivity contribution in [3.05, 3.63) is 24.8 Å². The highest BCUT2D eigenvalue weighted by Crippen LogP contribution is 1.91. The van der Waals surface area contributed by atoms with Crippen LogP contribution in [0.15, 0.2) is 24.8 Å². The molecule has 0 spiro atoms. The van der Waals surface area contributed by atoms with Crippen molar-refractivity contribution < 1.29 is 0 Å². The summed E-state index contributed by atoms with van der Waals surface area (Å²) in [5, 5.41) is 8.10. The first-order valence-corrected chi connectivity index (χ1v) is 3.04. The first-order valence-electron chi connectivity index (χ1n) is 3.04. The highest BCUT2D eigenvalue weighted by atomic mass is 14.2. The lowest BCUT2D eigenvalue weighted by molar-refractivity contribution is 1.05. The van der Waals surface area contributed by atoms with Gasteiger partial charge >= 0.3 is 0 Å². The summed E-state index contributed by atoms with van der Waals surface area (Å²) in [6.45, 7) is 3.58. The number of hydrogen-bond donors (Lipinski definition) is 0. The lowest BCUT2D eigenvalue weighted by atomic mass is 10.3. The topological polar surface area (TPSA) is 23.8 Å². The molecule has 0 N–H and O–H groups in total. The van der Waals surface area contributed by atoms with Gasteiger partial charge in [-0.15, -0.1) is 6.58 Å². The van der Waals surface area contributed by atoms with Crippen LogP contribution in [0, 0.1) is 11.3 Å². The van der Waals surface area contributed by atoms with Crippen molar-refractivity contribution in [3.63, 3.8) is 0 Å². The van der Waals surface area contributed by atoms with Crippen molar-refractivity contribution in [2.45, 2.75) is 19.3 Å². The Morgan fingerprint density at radius 2 is 2.11 bits per heavy atom. The van der Waals surface area contributed by atoms with Gasteiger partial charge in [0.15, 0.2) is 0 Å². The molecule has 1 nitrogen and oxygen atoms in total. The summed E-state index contributed by atoms with van der Waals surface area (Å²) in [6, 6.07) is 2.03. The van der Waals surface area contributed by atoms with Crippen LogP contribution in [-0.2, 0) is 0 Å². The molecule has 0 saturated carbocycles. The maximum atomic E-state index is 8.10. The van der Waals surface area contributed by atoms with Crippen LogP contribution in [0.5, 0.6) is 0 Å². The Kier molecular flexibility index (Phi) is 6.17. The van der Waals surface area contributed by atoms with E-state index in [0.29, 0.717) is 6.42 Å². The Morgan fingerprint density at radius 3 is 2.67 bits per heavy atom. The summed E-state index contributed by atoms with van der Waals surface area (Å²) in [5.41, 5.74) is 0. The second-order valence-corrected chi connectivity index (χ2v) is 1.70. The Balaban J connectivity index is 3.06. The zero-order chi connectivity index (χ0) is 6.95. The number of unbranched alkanes of at least 4 members (excludes halogenated alkanes) is 1. The first-order chi connectivity index (χ1) is 4.41. The molecule has 0 aliphatic carbocycles. The van der Waals surface area contributed by atoms with E-state index in [2.05, 4.69) is 6.58 Å². The predicted molar refractivity (Wildman–Crippen MR) is 38.8 cm³/mol. The summed E-state index contributed by atoms with van der Waals surface area (Å²) < 4.78 is 0. The van der Waals surface area contributed by atoms with Gasteiger partial charge in [-0.25, -0.2) is 0 Å². The number of nitriles is 1. The molecule has 9 heavy (non-hydrogen) atoms. The van der Waals surface area contributed by atoms with Gasteiger partial charge in [0.1, 0.15) is 0 Å². The monoisotopic (exact) mass is 121 g/mol. The standard InChI is InChI=1S/C8H11N/c1-2-3-4-5-6-7-8-9/h2,5-6H,1,3-4,7H2. The lowest BCUT2D eigenvalue weighted by Crippen LogP contribution is -1.62. The van der Waals surface area contributed by atoms with Crippen molar-refractivity contribution in [2.75, 3.05) is 0 Å². The van der Waals surface area contributed by atoms with Gasteiger partial charge in [-0.2, -0.15) is 5.26 Å². The minimum Gasteiger partial charge on any atom is -0.198 e. The molecule has 0 atom stereocenters. The predicted octanol–water partition coefficient (Wildman–Crippen LogP) is 2.42. The van der Waals surface area contributed by atoms with E-state index in [-0.39, 0.29) is 0 Å². The average molecular weight is 121 g/mol. The third-order valence-corrected chi connectivity index (χ3v) is 0.913. The van der Waals surface area contributed by atoms with Crippen LogP contribution in [0.4, 0.5) is 0 Å². The fourth-order valence-electron chi connectivity index (χ4n) is 0.468. The van der Waals surface area contributed by atoms with Crippen LogP contribution < -0.4 is 0 Å². The normalized spacial score (nSPS) is 9.22. The molecule has 0 aromatic rings. The molecular formula is C8H11N. The molecule has 0 heterocycles. The van der Waals surface area contributed by atoms with Crippen molar-refractivity contribution >= 4 is 0 Å². The lowest BCUT2D eigenvalue weighted by Gasteiger charge is -1.81. The summed E-state index contributed by atoms with van der Waals surface area (Å²) >= 11 is 0. The van der Waals surface area contributed by atoms with E-state index in [0.717, 1.165) is 12.8 Å². The molecular weight excluding hydrogens is 110 g/mol. The minimum absolute atomic E-state index is 0.525. The largest absolute Gasteiger partial charge is 0.198 e. The van der Waals surface area contributed by atoms with Crippen molar-refractivity contribution in [1.82, 2.24) is 0 Å². The second-order valence-electron chi connectivity index (χ2n) is 1.70. The fourth-order valence-corrected chi connectivity index (χ4v) is 0.468. The molecule has 0 fully saturated rings.